The van der Waals surface area contributed by atoms with Gasteiger partial charge in [-0.05, 0) is 0 Å². The summed E-state index contributed by atoms with van der Waals surface area (Å²) in [5, 5.41) is 9.58. The van der Waals surface area contributed by atoms with Crippen molar-refractivity contribution in [3.8, 4) is 0 Å². The minimum Gasteiger partial charge on any atom is 0 e. The van der Waals surface area contributed by atoms with Crippen LogP contribution in [0.15, 0.2) is 0 Å². The Kier molecular flexibility index (Phi) is 19.2. The summed E-state index contributed by atoms with van der Waals surface area (Å²) in [6.45, 7) is 6.86. The molecule has 2 rings (SSSR count). The van der Waals surface area contributed by atoms with Crippen LogP contribution < -0.4 is 0 Å². The molecule has 0 aliphatic carbocycles. The smallest absolute Gasteiger partial charge is 0 e. The molecule has 3 nitrogen and oxygen atoms in total. The first-order valence-corrected chi connectivity index (χ1v) is 6.87. The van der Waals surface area contributed by atoms with Gasteiger partial charge in [-0.3, -0.25) is 0 Å². The summed E-state index contributed by atoms with van der Waals surface area (Å²) in [5.74, 6) is 1.52. The molecule has 0 saturated carbocycles. The minimum atomic E-state index is 0. The Morgan fingerprint density at radius 1 is 0.842 bits per heavy atom. The maximum Gasteiger partial charge on any atom is 0 e. The van der Waals surface area contributed by atoms with Gasteiger partial charge in [-0.15, -0.1) is 25.2 Å². The van der Waals surface area contributed by atoms with Crippen LogP contribution in [0.4, 0.5) is 0 Å². The standard InChI is InChI=1S/C12H22N2.2CH3.O.V.Y/c1-9-5-3-7-13-11(9)12-10(2)6-4-8-14-12;;;;;/h9-12H,3-8H2,1-2H3;2*1H3;;;/q-2;2*-1;;;. The van der Waals surface area contributed by atoms with Gasteiger partial charge < -0.3 is 25.5 Å². The molecule has 112 valence electrons. The summed E-state index contributed by atoms with van der Waals surface area (Å²) in [7, 11) is 0. The third-order valence-corrected chi connectivity index (χ3v) is 3.83. The van der Waals surface area contributed by atoms with E-state index in [-0.39, 0.29) is 47.6 Å². The second kappa shape index (κ2) is 14.3. The van der Waals surface area contributed by atoms with Gasteiger partial charge in [0.15, 0.2) is 0 Å². The van der Waals surface area contributed by atoms with Crippen molar-refractivity contribution in [2.24, 2.45) is 11.8 Å². The fourth-order valence-electron chi connectivity index (χ4n) is 2.90. The fourth-order valence-corrected chi connectivity index (χ4v) is 2.90. The first-order valence-electron chi connectivity index (χ1n) is 6.30. The van der Waals surface area contributed by atoms with Crippen molar-refractivity contribution < 1.29 is 53.8 Å². The molecule has 0 N–H and O–H groups in total. The number of nitrogens with zero attached hydrogens (tertiary/aromatic N) is 2. The molecule has 0 amide bonds. The molecule has 2 saturated heterocycles. The average molecular weight is 380 g/mol. The van der Waals surface area contributed by atoms with Crippen LogP contribution >= 0.6 is 0 Å². The quantitative estimate of drug-likeness (QED) is 0.632. The molecule has 2 fully saturated rings. The number of piperidine rings is 2. The molecule has 2 aliphatic rings. The number of hydrogen-bond donors (Lipinski definition) is 0. The van der Waals surface area contributed by atoms with Gasteiger partial charge in [-0.25, -0.2) is 0 Å². The minimum absolute atomic E-state index is 0. The van der Waals surface area contributed by atoms with Crippen LogP contribution in [0.25, 0.3) is 10.6 Å². The molecule has 2 heterocycles. The summed E-state index contributed by atoms with van der Waals surface area (Å²) >= 11 is 1.06. The van der Waals surface area contributed by atoms with Crippen LogP contribution in [0.2, 0.25) is 0 Å². The van der Waals surface area contributed by atoms with E-state index in [0.29, 0.717) is 12.1 Å². The van der Waals surface area contributed by atoms with Gasteiger partial charge in [0.05, 0.1) is 0 Å². The molecule has 0 bridgehead atoms. The third-order valence-electron chi connectivity index (χ3n) is 3.83. The van der Waals surface area contributed by atoms with E-state index in [1.54, 1.807) is 0 Å². The van der Waals surface area contributed by atoms with E-state index in [2.05, 4.69) is 13.8 Å². The van der Waals surface area contributed by atoms with Gasteiger partial charge in [0, 0.05) is 32.7 Å². The van der Waals surface area contributed by atoms with Gasteiger partial charge >= 0.3 is 21.0 Å². The molecule has 2 aliphatic heterocycles. The fraction of sp³-hybridized carbons (Fsp3) is 0.857. The first-order chi connectivity index (χ1) is 7.79. The summed E-state index contributed by atoms with van der Waals surface area (Å²) in [6.07, 6.45) is 5.29. The average Bonchev–Trinajstić information content (AvgIpc) is 2.34. The van der Waals surface area contributed by atoms with E-state index in [0.717, 1.165) is 42.3 Å². The van der Waals surface area contributed by atoms with Crippen molar-refractivity contribution in [2.45, 2.75) is 51.6 Å². The molecule has 19 heavy (non-hydrogen) atoms. The maximum atomic E-state index is 8.19. The summed E-state index contributed by atoms with van der Waals surface area (Å²) in [5.41, 5.74) is 0. The molecule has 5 heteroatoms. The molecular formula is C14H28N2OVY-4. The second-order valence-electron chi connectivity index (χ2n) is 5.03. The van der Waals surface area contributed by atoms with Crippen molar-refractivity contribution in [1.82, 2.24) is 0 Å². The van der Waals surface area contributed by atoms with Crippen LogP contribution in [0, 0.1) is 26.7 Å². The molecule has 0 spiro atoms. The molecule has 0 aromatic heterocycles. The molecular weight excluding hydrogens is 352 g/mol. The zero-order valence-electron chi connectivity index (χ0n) is 12.9. The molecule has 0 aromatic carbocycles. The Hall–Kier alpha value is 1.41. The van der Waals surface area contributed by atoms with Crippen LogP contribution in [-0.2, 0) is 53.8 Å². The van der Waals surface area contributed by atoms with Crippen molar-refractivity contribution in [1.29, 1.82) is 0 Å². The normalized spacial score (nSPS) is 33.3. The van der Waals surface area contributed by atoms with Crippen LogP contribution in [-0.4, -0.2) is 25.2 Å². The van der Waals surface area contributed by atoms with Crippen molar-refractivity contribution >= 4 is 0 Å². The first kappa shape index (κ1) is 25.4. The van der Waals surface area contributed by atoms with E-state index < -0.39 is 0 Å². The Morgan fingerprint density at radius 3 is 1.42 bits per heavy atom. The Bertz CT molecular complexity index is 190. The summed E-state index contributed by atoms with van der Waals surface area (Å²) in [4.78, 5) is 0. The predicted molar refractivity (Wildman–Crippen MR) is 74.3 cm³/mol. The Labute approximate surface area is 154 Å². The topological polar surface area (TPSA) is 45.3 Å². The zero-order chi connectivity index (χ0) is 12.0. The van der Waals surface area contributed by atoms with E-state index in [1.165, 1.54) is 25.7 Å². The monoisotopic (exact) mass is 380 g/mol. The summed E-state index contributed by atoms with van der Waals surface area (Å²) < 4.78 is 8.19. The van der Waals surface area contributed by atoms with Crippen LogP contribution in [0.3, 0.4) is 0 Å². The van der Waals surface area contributed by atoms with E-state index in [9.17, 15) is 0 Å². The van der Waals surface area contributed by atoms with Gasteiger partial charge in [-0.1, -0.05) is 51.4 Å². The third kappa shape index (κ3) is 7.83. The van der Waals surface area contributed by atoms with Gasteiger partial charge in [0.1, 0.15) is 0 Å². The number of rotatable bonds is 1. The summed E-state index contributed by atoms with van der Waals surface area (Å²) in [6, 6.07) is 1.08. The van der Waals surface area contributed by atoms with Crippen LogP contribution in [0.5, 0.6) is 0 Å². The van der Waals surface area contributed by atoms with E-state index >= 15 is 0 Å². The molecule has 0 aromatic rings. The predicted octanol–water partition coefficient (Wildman–Crippen LogP) is 4.11. The SMILES string of the molecule is CC1CCC[N-]C1C1[N-]CCCC1C.[CH3-].[CH3-].[O]=[V].[Y]. The van der Waals surface area contributed by atoms with Crippen LogP contribution in [0.1, 0.15) is 39.5 Å². The molecule has 4 unspecified atom stereocenters. The Balaban J connectivity index is -0.000000489. The van der Waals surface area contributed by atoms with Gasteiger partial charge in [0.2, 0.25) is 0 Å². The maximum absolute atomic E-state index is 8.19. The Morgan fingerprint density at radius 2 is 1.16 bits per heavy atom. The van der Waals surface area contributed by atoms with Crippen molar-refractivity contribution in [3.63, 3.8) is 0 Å². The van der Waals surface area contributed by atoms with Crippen molar-refractivity contribution in [3.05, 3.63) is 25.5 Å². The molecule has 4 atom stereocenters. The zero-order valence-corrected chi connectivity index (χ0v) is 17.1. The number of hydrogen-bond acceptors (Lipinski definition) is 1. The van der Waals surface area contributed by atoms with E-state index in [4.69, 9.17) is 14.3 Å². The second-order valence-corrected chi connectivity index (χ2v) is 5.03. The van der Waals surface area contributed by atoms with Gasteiger partial charge in [-0.2, -0.15) is 0 Å². The van der Waals surface area contributed by atoms with Gasteiger partial charge in [0.25, 0.3) is 0 Å². The van der Waals surface area contributed by atoms with Crippen molar-refractivity contribution in [2.75, 3.05) is 13.1 Å². The molecule has 1 radical (unpaired) electrons. The van der Waals surface area contributed by atoms with E-state index in [1.807, 2.05) is 0 Å². The largest absolute Gasteiger partial charge is 0 e.